The van der Waals surface area contributed by atoms with Crippen molar-refractivity contribution in [3.05, 3.63) is 29.8 Å². The topological polar surface area (TPSA) is 39.2 Å². The predicted octanol–water partition coefficient (Wildman–Crippen LogP) is 3.22. The number of aliphatic hydroxyl groups is 1. The average Bonchev–Trinajstić information content (AvgIpc) is 2.98. The van der Waals surface area contributed by atoms with Crippen LogP contribution in [0, 0.1) is 0 Å². The highest BCUT2D eigenvalue weighted by molar-refractivity contribution is 5.28. The first-order valence-electron chi connectivity index (χ1n) is 11.7. The van der Waals surface area contributed by atoms with Crippen LogP contribution >= 0.6 is 0 Å². The van der Waals surface area contributed by atoms with Crippen molar-refractivity contribution >= 4 is 0 Å². The van der Waals surface area contributed by atoms with Gasteiger partial charge in [0.25, 0.3) is 0 Å². The molecule has 0 spiro atoms. The van der Waals surface area contributed by atoms with Gasteiger partial charge in [-0.1, -0.05) is 38.3 Å². The molecule has 1 aromatic carbocycles. The summed E-state index contributed by atoms with van der Waals surface area (Å²) >= 11 is 0. The molecule has 5 nitrogen and oxygen atoms in total. The summed E-state index contributed by atoms with van der Waals surface area (Å²) < 4.78 is 5.94. The van der Waals surface area contributed by atoms with Gasteiger partial charge in [0.2, 0.25) is 0 Å². The van der Waals surface area contributed by atoms with Gasteiger partial charge in [-0.3, -0.25) is 4.90 Å². The van der Waals surface area contributed by atoms with E-state index in [1.54, 1.807) is 0 Å². The van der Waals surface area contributed by atoms with E-state index in [0.29, 0.717) is 19.2 Å². The molecule has 0 aromatic heterocycles. The summed E-state index contributed by atoms with van der Waals surface area (Å²) in [6.07, 6.45) is 7.32. The molecule has 2 aliphatic rings. The van der Waals surface area contributed by atoms with Crippen LogP contribution in [0.25, 0.3) is 0 Å². The van der Waals surface area contributed by atoms with Crippen molar-refractivity contribution in [2.24, 2.45) is 0 Å². The summed E-state index contributed by atoms with van der Waals surface area (Å²) in [7, 11) is 2.14. The monoisotopic (exact) mass is 403 g/mol. The van der Waals surface area contributed by atoms with Crippen molar-refractivity contribution in [1.82, 2.24) is 14.7 Å². The van der Waals surface area contributed by atoms with Gasteiger partial charge in [0.05, 0.1) is 0 Å². The highest BCUT2D eigenvalue weighted by atomic mass is 16.5. The molecule has 0 radical (unpaired) electrons. The number of aliphatic hydroxyl groups excluding tert-OH is 1. The molecule has 0 unspecified atom stereocenters. The molecule has 1 heterocycles. The van der Waals surface area contributed by atoms with Crippen LogP contribution in [-0.2, 0) is 6.54 Å². The molecule has 1 aliphatic heterocycles. The van der Waals surface area contributed by atoms with E-state index in [1.807, 2.05) is 6.07 Å². The Bertz CT molecular complexity index is 591. The lowest BCUT2D eigenvalue weighted by molar-refractivity contribution is 0.0561. The highest BCUT2D eigenvalue weighted by Gasteiger charge is 2.20. The Morgan fingerprint density at radius 3 is 2.62 bits per heavy atom. The Kier molecular flexibility index (Phi) is 9.25. The third kappa shape index (κ3) is 7.56. The van der Waals surface area contributed by atoms with Crippen LogP contribution in [0.2, 0.25) is 0 Å². The summed E-state index contributed by atoms with van der Waals surface area (Å²) in [6, 6.07) is 9.02. The second kappa shape index (κ2) is 11.9. The van der Waals surface area contributed by atoms with E-state index in [9.17, 15) is 5.11 Å². The number of nitrogens with zero attached hydrogens (tertiary/aromatic N) is 3. The van der Waals surface area contributed by atoms with Gasteiger partial charge in [-0.15, -0.1) is 0 Å². The molecule has 164 valence electrons. The molecule has 1 N–H and O–H groups in total. The number of ether oxygens (including phenoxy) is 1. The van der Waals surface area contributed by atoms with E-state index < -0.39 is 6.10 Å². The van der Waals surface area contributed by atoms with Gasteiger partial charge in [-0.2, -0.15) is 0 Å². The standard InChI is InChI=1S/C24H41N3O2/c1-3-26-13-8-14-27(16-15-26)18-21-9-7-12-24(17-21)29-20-23(28)19-25(2)22-10-5-4-6-11-22/h7,9,12,17,22-23,28H,3-6,8,10-11,13-16,18-20H2,1-2H3/t23-/m1/s1. The Balaban J connectivity index is 1.43. The molecule has 1 atom stereocenters. The van der Waals surface area contributed by atoms with Gasteiger partial charge in [0.15, 0.2) is 0 Å². The lowest BCUT2D eigenvalue weighted by Crippen LogP contribution is -2.40. The molecule has 0 amide bonds. The maximum Gasteiger partial charge on any atom is 0.119 e. The predicted molar refractivity (Wildman–Crippen MR) is 119 cm³/mol. The molecule has 3 rings (SSSR count). The first-order valence-corrected chi connectivity index (χ1v) is 11.7. The van der Waals surface area contributed by atoms with Crippen molar-refractivity contribution in [3.63, 3.8) is 0 Å². The second-order valence-corrected chi connectivity index (χ2v) is 8.91. The molecular weight excluding hydrogens is 362 g/mol. The van der Waals surface area contributed by atoms with Gasteiger partial charge in [0, 0.05) is 32.2 Å². The summed E-state index contributed by atoms with van der Waals surface area (Å²) in [5.41, 5.74) is 1.29. The minimum atomic E-state index is -0.448. The molecule has 0 bridgehead atoms. The van der Waals surface area contributed by atoms with Gasteiger partial charge < -0.3 is 19.6 Å². The smallest absolute Gasteiger partial charge is 0.119 e. The Morgan fingerprint density at radius 2 is 1.83 bits per heavy atom. The van der Waals surface area contributed by atoms with E-state index in [0.717, 1.165) is 38.5 Å². The van der Waals surface area contributed by atoms with Crippen molar-refractivity contribution in [1.29, 1.82) is 0 Å². The van der Waals surface area contributed by atoms with Crippen molar-refractivity contribution < 1.29 is 9.84 Å². The van der Waals surface area contributed by atoms with Crippen LogP contribution in [0.5, 0.6) is 5.75 Å². The quantitative estimate of drug-likeness (QED) is 0.685. The largest absolute Gasteiger partial charge is 0.491 e. The SMILES string of the molecule is CCN1CCCN(Cc2cccc(OC[C@H](O)CN(C)C3CCCCC3)c2)CC1. The lowest BCUT2D eigenvalue weighted by atomic mass is 9.94. The Morgan fingerprint density at radius 1 is 1.07 bits per heavy atom. The number of benzene rings is 1. The zero-order valence-electron chi connectivity index (χ0n) is 18.6. The third-order valence-electron chi connectivity index (χ3n) is 6.57. The van der Waals surface area contributed by atoms with E-state index >= 15 is 0 Å². The number of likely N-dealkylation sites (N-methyl/N-ethyl adjacent to an activating group) is 2. The van der Waals surface area contributed by atoms with Crippen LogP contribution in [0.1, 0.15) is 51.0 Å². The maximum absolute atomic E-state index is 10.4. The van der Waals surface area contributed by atoms with E-state index in [1.165, 1.54) is 50.6 Å². The van der Waals surface area contributed by atoms with Gasteiger partial charge in [-0.25, -0.2) is 0 Å². The third-order valence-corrected chi connectivity index (χ3v) is 6.57. The van der Waals surface area contributed by atoms with Crippen LogP contribution in [0.3, 0.4) is 0 Å². The molecule has 2 fully saturated rings. The summed E-state index contributed by atoms with van der Waals surface area (Å²) in [4.78, 5) is 7.40. The second-order valence-electron chi connectivity index (χ2n) is 8.91. The summed E-state index contributed by atoms with van der Waals surface area (Å²) in [5, 5.41) is 10.4. The van der Waals surface area contributed by atoms with Crippen LogP contribution < -0.4 is 4.74 Å². The van der Waals surface area contributed by atoms with E-state index in [4.69, 9.17) is 4.74 Å². The molecular formula is C24H41N3O2. The molecule has 1 saturated carbocycles. The Hall–Kier alpha value is -1.14. The fourth-order valence-corrected chi connectivity index (χ4v) is 4.74. The van der Waals surface area contributed by atoms with Crippen molar-refractivity contribution in [3.8, 4) is 5.75 Å². The number of hydrogen-bond donors (Lipinski definition) is 1. The molecule has 1 aromatic rings. The van der Waals surface area contributed by atoms with Crippen molar-refractivity contribution in [2.75, 3.05) is 52.9 Å². The highest BCUT2D eigenvalue weighted by Crippen LogP contribution is 2.22. The van der Waals surface area contributed by atoms with Crippen LogP contribution in [0.4, 0.5) is 0 Å². The molecule has 5 heteroatoms. The fraction of sp³-hybridized carbons (Fsp3) is 0.750. The maximum atomic E-state index is 10.4. The normalized spacial score (nSPS) is 21.2. The first kappa shape index (κ1) is 22.5. The van der Waals surface area contributed by atoms with Crippen LogP contribution in [-0.4, -0.2) is 84.9 Å². The zero-order chi connectivity index (χ0) is 20.5. The van der Waals surface area contributed by atoms with Crippen molar-refractivity contribution in [2.45, 2.75) is 64.1 Å². The zero-order valence-corrected chi connectivity index (χ0v) is 18.6. The van der Waals surface area contributed by atoms with E-state index in [2.05, 4.69) is 46.9 Å². The van der Waals surface area contributed by atoms with Gasteiger partial charge >= 0.3 is 0 Å². The lowest BCUT2D eigenvalue weighted by Gasteiger charge is -2.32. The fourth-order valence-electron chi connectivity index (χ4n) is 4.74. The average molecular weight is 404 g/mol. The molecule has 1 aliphatic carbocycles. The summed E-state index contributed by atoms with van der Waals surface area (Å²) in [5.74, 6) is 0.867. The van der Waals surface area contributed by atoms with Crippen LogP contribution in [0.15, 0.2) is 24.3 Å². The summed E-state index contributed by atoms with van der Waals surface area (Å²) in [6.45, 7) is 10.1. The van der Waals surface area contributed by atoms with Gasteiger partial charge in [-0.05, 0) is 63.6 Å². The molecule has 1 saturated heterocycles. The number of rotatable bonds is 9. The van der Waals surface area contributed by atoms with Gasteiger partial charge in [0.1, 0.15) is 18.5 Å². The Labute approximate surface area is 177 Å². The molecule has 29 heavy (non-hydrogen) atoms. The first-order chi connectivity index (χ1) is 14.1. The minimum absolute atomic E-state index is 0.357. The number of hydrogen-bond acceptors (Lipinski definition) is 5. The van der Waals surface area contributed by atoms with E-state index in [-0.39, 0.29) is 0 Å². The minimum Gasteiger partial charge on any atom is -0.491 e.